The van der Waals surface area contributed by atoms with Crippen LogP contribution in [0.25, 0.3) is 11.1 Å². The van der Waals surface area contributed by atoms with E-state index in [9.17, 15) is 0 Å². The standard InChI is InChI=1S/C15H16O2/c1-16-15(17-2)14-11-7-6-10-13(14)12-8-4-3-5-9-12/h3-11,15H,1-2H3. The fourth-order valence-corrected chi connectivity index (χ4v) is 1.93. The van der Waals surface area contributed by atoms with Crippen molar-refractivity contribution in [2.24, 2.45) is 0 Å². The van der Waals surface area contributed by atoms with E-state index in [1.807, 2.05) is 36.4 Å². The molecule has 17 heavy (non-hydrogen) atoms. The first-order valence-corrected chi connectivity index (χ1v) is 5.56. The van der Waals surface area contributed by atoms with Crippen molar-refractivity contribution in [1.82, 2.24) is 0 Å². The third kappa shape index (κ3) is 2.54. The maximum Gasteiger partial charge on any atom is 0.183 e. The van der Waals surface area contributed by atoms with Crippen molar-refractivity contribution in [3.8, 4) is 11.1 Å². The highest BCUT2D eigenvalue weighted by atomic mass is 16.7. The largest absolute Gasteiger partial charge is 0.352 e. The molecule has 0 spiro atoms. The maximum absolute atomic E-state index is 5.33. The van der Waals surface area contributed by atoms with Gasteiger partial charge in [-0.2, -0.15) is 0 Å². The summed E-state index contributed by atoms with van der Waals surface area (Å²) in [5, 5.41) is 0. The molecule has 2 rings (SSSR count). The van der Waals surface area contributed by atoms with Gasteiger partial charge < -0.3 is 9.47 Å². The Hall–Kier alpha value is -1.64. The average Bonchev–Trinajstić information content (AvgIpc) is 2.42. The first kappa shape index (κ1) is 11.8. The molecule has 0 aliphatic carbocycles. The highest BCUT2D eigenvalue weighted by molar-refractivity contribution is 5.67. The molecule has 0 heterocycles. The lowest BCUT2D eigenvalue weighted by atomic mass is 9.99. The molecule has 0 bridgehead atoms. The number of ether oxygens (including phenoxy) is 2. The number of rotatable bonds is 4. The molecular formula is C15H16O2. The summed E-state index contributed by atoms with van der Waals surface area (Å²) in [5.74, 6) is 0. The molecule has 0 aromatic heterocycles. The minimum absolute atomic E-state index is 0.327. The highest BCUT2D eigenvalue weighted by Gasteiger charge is 2.13. The molecule has 2 heteroatoms. The monoisotopic (exact) mass is 228 g/mol. The normalized spacial score (nSPS) is 10.8. The predicted molar refractivity (Wildman–Crippen MR) is 68.6 cm³/mol. The molecule has 2 aromatic rings. The van der Waals surface area contributed by atoms with E-state index >= 15 is 0 Å². The summed E-state index contributed by atoms with van der Waals surface area (Å²) in [4.78, 5) is 0. The third-order valence-electron chi connectivity index (χ3n) is 2.73. The zero-order valence-corrected chi connectivity index (χ0v) is 10.1. The van der Waals surface area contributed by atoms with Gasteiger partial charge in [0, 0.05) is 19.8 Å². The molecule has 0 atom stereocenters. The molecule has 0 radical (unpaired) electrons. The van der Waals surface area contributed by atoms with Crippen molar-refractivity contribution in [3.63, 3.8) is 0 Å². The van der Waals surface area contributed by atoms with Gasteiger partial charge in [-0.15, -0.1) is 0 Å². The molecule has 2 nitrogen and oxygen atoms in total. The van der Waals surface area contributed by atoms with E-state index < -0.39 is 0 Å². The molecular weight excluding hydrogens is 212 g/mol. The van der Waals surface area contributed by atoms with E-state index in [4.69, 9.17) is 9.47 Å². The van der Waals surface area contributed by atoms with Crippen LogP contribution >= 0.6 is 0 Å². The van der Waals surface area contributed by atoms with Crippen LogP contribution in [0.5, 0.6) is 0 Å². The van der Waals surface area contributed by atoms with Crippen LogP contribution in [0.3, 0.4) is 0 Å². The summed E-state index contributed by atoms with van der Waals surface area (Å²) in [6.07, 6.45) is -0.327. The van der Waals surface area contributed by atoms with Gasteiger partial charge in [0.2, 0.25) is 0 Å². The van der Waals surface area contributed by atoms with Gasteiger partial charge in [-0.1, -0.05) is 54.6 Å². The minimum atomic E-state index is -0.327. The zero-order chi connectivity index (χ0) is 12.1. The molecule has 0 N–H and O–H groups in total. The van der Waals surface area contributed by atoms with Crippen LogP contribution in [0.2, 0.25) is 0 Å². The van der Waals surface area contributed by atoms with Crippen LogP contribution in [-0.2, 0) is 9.47 Å². The van der Waals surface area contributed by atoms with E-state index in [0.29, 0.717) is 0 Å². The van der Waals surface area contributed by atoms with Gasteiger partial charge >= 0.3 is 0 Å². The topological polar surface area (TPSA) is 18.5 Å². The van der Waals surface area contributed by atoms with E-state index in [1.54, 1.807) is 14.2 Å². The van der Waals surface area contributed by atoms with Crippen molar-refractivity contribution < 1.29 is 9.47 Å². The molecule has 0 saturated heterocycles. The van der Waals surface area contributed by atoms with Crippen molar-refractivity contribution in [2.45, 2.75) is 6.29 Å². The molecule has 88 valence electrons. The lowest BCUT2D eigenvalue weighted by Crippen LogP contribution is -2.05. The first-order valence-electron chi connectivity index (χ1n) is 5.56. The van der Waals surface area contributed by atoms with Crippen molar-refractivity contribution in [2.75, 3.05) is 14.2 Å². The number of benzene rings is 2. The molecule has 0 unspecified atom stereocenters. The first-order chi connectivity index (χ1) is 8.36. The minimum Gasteiger partial charge on any atom is -0.352 e. The Bertz CT molecular complexity index is 461. The van der Waals surface area contributed by atoms with Crippen LogP contribution in [0, 0.1) is 0 Å². The summed E-state index contributed by atoms with van der Waals surface area (Å²) in [6, 6.07) is 18.4. The molecule has 0 fully saturated rings. The van der Waals surface area contributed by atoms with Gasteiger partial charge in [0.1, 0.15) is 0 Å². The average molecular weight is 228 g/mol. The SMILES string of the molecule is COC(OC)c1ccccc1-c1ccccc1. The Balaban J connectivity index is 2.48. The molecule has 2 aromatic carbocycles. The van der Waals surface area contributed by atoms with E-state index in [1.165, 1.54) is 5.56 Å². The van der Waals surface area contributed by atoms with Gasteiger partial charge in [0.05, 0.1) is 0 Å². The Morgan fingerprint density at radius 2 is 1.35 bits per heavy atom. The van der Waals surface area contributed by atoms with Crippen molar-refractivity contribution in [1.29, 1.82) is 0 Å². The molecule has 0 aliphatic heterocycles. The van der Waals surface area contributed by atoms with Crippen molar-refractivity contribution >= 4 is 0 Å². The van der Waals surface area contributed by atoms with Gasteiger partial charge in [-0.05, 0) is 11.1 Å². The predicted octanol–water partition coefficient (Wildman–Crippen LogP) is 3.65. The van der Waals surface area contributed by atoms with E-state index in [0.717, 1.165) is 11.1 Å². The lowest BCUT2D eigenvalue weighted by Gasteiger charge is -2.17. The second-order valence-corrected chi connectivity index (χ2v) is 3.76. The van der Waals surface area contributed by atoms with E-state index in [2.05, 4.69) is 18.2 Å². The number of methoxy groups -OCH3 is 2. The Labute approximate surface area is 102 Å². The quantitative estimate of drug-likeness (QED) is 0.744. The van der Waals surface area contributed by atoms with Gasteiger partial charge in [0.15, 0.2) is 6.29 Å². The van der Waals surface area contributed by atoms with Crippen molar-refractivity contribution in [3.05, 3.63) is 60.2 Å². The Kier molecular flexibility index (Phi) is 3.91. The maximum atomic E-state index is 5.33. The van der Waals surface area contributed by atoms with Crippen LogP contribution in [0.1, 0.15) is 11.9 Å². The third-order valence-corrected chi connectivity index (χ3v) is 2.73. The van der Waals surface area contributed by atoms with Crippen LogP contribution in [0.15, 0.2) is 54.6 Å². The summed E-state index contributed by atoms with van der Waals surface area (Å²) < 4.78 is 10.7. The molecule has 0 saturated carbocycles. The fraction of sp³-hybridized carbons (Fsp3) is 0.200. The number of hydrogen-bond acceptors (Lipinski definition) is 2. The second kappa shape index (κ2) is 5.62. The van der Waals surface area contributed by atoms with Gasteiger partial charge in [-0.3, -0.25) is 0 Å². The smallest absolute Gasteiger partial charge is 0.183 e. The highest BCUT2D eigenvalue weighted by Crippen LogP contribution is 2.29. The summed E-state index contributed by atoms with van der Waals surface area (Å²) >= 11 is 0. The summed E-state index contributed by atoms with van der Waals surface area (Å²) in [5.41, 5.74) is 3.35. The second-order valence-electron chi connectivity index (χ2n) is 3.76. The Morgan fingerprint density at radius 3 is 2.00 bits per heavy atom. The van der Waals surface area contributed by atoms with Crippen LogP contribution in [-0.4, -0.2) is 14.2 Å². The zero-order valence-electron chi connectivity index (χ0n) is 10.1. The van der Waals surface area contributed by atoms with Crippen LogP contribution < -0.4 is 0 Å². The van der Waals surface area contributed by atoms with Crippen LogP contribution in [0.4, 0.5) is 0 Å². The van der Waals surface area contributed by atoms with Gasteiger partial charge in [0.25, 0.3) is 0 Å². The lowest BCUT2D eigenvalue weighted by molar-refractivity contribution is -0.105. The summed E-state index contributed by atoms with van der Waals surface area (Å²) in [6.45, 7) is 0. The summed E-state index contributed by atoms with van der Waals surface area (Å²) in [7, 11) is 3.30. The molecule has 0 aliphatic rings. The number of hydrogen-bond donors (Lipinski definition) is 0. The molecule has 0 amide bonds. The van der Waals surface area contributed by atoms with Gasteiger partial charge in [-0.25, -0.2) is 0 Å². The Morgan fingerprint density at radius 1 is 0.765 bits per heavy atom. The van der Waals surface area contributed by atoms with E-state index in [-0.39, 0.29) is 6.29 Å². The fourth-order valence-electron chi connectivity index (χ4n) is 1.93.